The Kier molecular flexibility index (Phi) is 15.4. The normalized spacial score (nSPS) is 12.8. The molecule has 2 aromatic heterocycles. The Morgan fingerprint density at radius 2 is 1.02 bits per heavy atom. The van der Waals surface area contributed by atoms with Gasteiger partial charge in [0.1, 0.15) is 11.6 Å². The zero-order chi connectivity index (χ0) is 55.8. The van der Waals surface area contributed by atoms with E-state index in [1.807, 2.05) is 36.5 Å². The van der Waals surface area contributed by atoms with Gasteiger partial charge >= 0.3 is 0 Å². The molecule has 0 saturated heterocycles. The minimum absolute atomic E-state index is 0. The van der Waals surface area contributed by atoms with Gasteiger partial charge in [0.15, 0.2) is 0 Å². The van der Waals surface area contributed by atoms with Gasteiger partial charge in [-0.15, -0.1) is 29.3 Å². The van der Waals surface area contributed by atoms with E-state index >= 15 is 0 Å². The molecular weight excluding hydrogens is 1190 g/mol. The fourth-order valence-electron chi connectivity index (χ4n) is 12.7. The Bertz CT molecular complexity index is 4190. The van der Waals surface area contributed by atoms with Crippen LogP contribution in [-0.2, 0) is 38.3 Å². The van der Waals surface area contributed by atoms with Gasteiger partial charge in [-0.3, -0.25) is 9.55 Å². The van der Waals surface area contributed by atoms with E-state index in [1.54, 1.807) is 0 Å². The minimum atomic E-state index is -0.342. The summed E-state index contributed by atoms with van der Waals surface area (Å²) in [5.41, 5.74) is 20.9. The summed E-state index contributed by atoms with van der Waals surface area (Å²) in [5.74, 6) is 1.52. The van der Waals surface area contributed by atoms with Crippen molar-refractivity contribution in [1.29, 1.82) is 0 Å². The monoisotopic (exact) mass is 1260 g/mol. The van der Waals surface area contributed by atoms with E-state index in [2.05, 4.69) is 257 Å². The predicted molar refractivity (Wildman–Crippen MR) is 340 cm³/mol. The molecule has 4 nitrogen and oxygen atoms in total. The number of hydrogen-bond donors (Lipinski definition) is 1. The fourth-order valence-corrected chi connectivity index (χ4v) is 12.7. The van der Waals surface area contributed by atoms with Gasteiger partial charge in [0.05, 0.1) is 22.3 Å². The van der Waals surface area contributed by atoms with Crippen molar-refractivity contribution in [3.8, 4) is 89.7 Å². The zero-order valence-corrected chi connectivity index (χ0v) is 49.7. The van der Waals surface area contributed by atoms with Crippen LogP contribution in [0.1, 0.15) is 81.2 Å². The van der Waals surface area contributed by atoms with E-state index < -0.39 is 0 Å². The molecule has 12 aromatic rings. The number of phenolic OH excluding ortho intramolecular Hbond substituents is 1. The van der Waals surface area contributed by atoms with Gasteiger partial charge in [-0.25, -0.2) is 4.98 Å². The summed E-state index contributed by atoms with van der Waals surface area (Å²) in [6.45, 7) is 9.12. The van der Waals surface area contributed by atoms with E-state index in [9.17, 15) is 5.11 Å². The molecule has 1 aliphatic carbocycles. The van der Waals surface area contributed by atoms with E-state index in [4.69, 9.17) is 9.97 Å². The van der Waals surface area contributed by atoms with Gasteiger partial charge in [-0.05, 0) is 111 Å². The summed E-state index contributed by atoms with van der Waals surface area (Å²) in [6.07, 6.45) is 8.14. The van der Waals surface area contributed by atoms with Crippen LogP contribution in [0.15, 0.2) is 255 Å². The van der Waals surface area contributed by atoms with Crippen LogP contribution in [0.3, 0.4) is 0 Å². The van der Waals surface area contributed by atoms with Gasteiger partial charge in [0.2, 0.25) is 0 Å². The molecule has 1 fully saturated rings. The molecule has 10 aromatic carbocycles. The smallest absolute Gasteiger partial charge is 0.148 e. The Labute approximate surface area is 503 Å². The quantitative estimate of drug-likeness (QED) is 0.0924. The molecule has 0 spiro atoms. The topological polar surface area (TPSA) is 50.9 Å². The number of benzene rings is 10. The number of rotatable bonds is 13. The van der Waals surface area contributed by atoms with Crippen molar-refractivity contribution in [2.75, 3.05) is 0 Å². The first-order valence-electron chi connectivity index (χ1n) is 29.0. The molecule has 0 bridgehead atoms. The second-order valence-electron chi connectivity index (χ2n) is 23.4. The van der Waals surface area contributed by atoms with Crippen LogP contribution in [0, 0.1) is 12.0 Å². The number of hydrogen-bond acceptors (Lipinski definition) is 3. The molecule has 0 radical (unpaired) electrons. The maximum absolute atomic E-state index is 12.9. The predicted octanol–water partition coefficient (Wildman–Crippen LogP) is 20.0. The molecule has 2 heterocycles. The van der Waals surface area contributed by atoms with Crippen LogP contribution in [0.5, 0.6) is 5.75 Å². The van der Waals surface area contributed by atoms with Crippen molar-refractivity contribution in [3.63, 3.8) is 0 Å². The third kappa shape index (κ3) is 10.7. The standard InChI is InChI=1S/C78H66N3O.Pt/c1-77(2,3)64-50-59(49-60(51-64)71-52-58(45-46-79-71)55-40-42-63(43-41-55)78(4,61-29-13-7-14-30-61)62-31-15-8-16-32-62)66-35-22-38-73-74(66)80-76(69-37-21-36-68(75(69)82)67-34-20-19-33-65(67)56-25-9-5-10-26-56)81(73)72-44-39-54(47-53-23-17-18-24-53)48-70(72)57-27-11-6-12-28-57;/h5-16,19-22,25-46,48,50-53,82H,17-18,23-24,47H2,1-4H3;/q-1;. The van der Waals surface area contributed by atoms with Crippen molar-refractivity contribution in [3.05, 3.63) is 289 Å². The maximum Gasteiger partial charge on any atom is 0.148 e. The number of aromatic hydroxyl groups is 1. The van der Waals surface area contributed by atoms with Crippen molar-refractivity contribution in [2.45, 2.75) is 70.6 Å². The third-order valence-corrected chi connectivity index (χ3v) is 17.2. The maximum atomic E-state index is 12.9. The molecular formula is C78H66N3OPt-. The number of fused-ring (bicyclic) bond motifs is 1. The molecule has 83 heavy (non-hydrogen) atoms. The van der Waals surface area contributed by atoms with E-state index in [0.717, 1.165) is 95.6 Å². The molecule has 1 saturated carbocycles. The molecule has 1 aliphatic rings. The van der Waals surface area contributed by atoms with E-state index in [0.29, 0.717) is 17.3 Å². The minimum Gasteiger partial charge on any atom is -0.507 e. The first-order chi connectivity index (χ1) is 40.1. The van der Waals surface area contributed by atoms with Gasteiger partial charge in [-0.2, -0.15) is 0 Å². The number of pyridine rings is 1. The second-order valence-corrected chi connectivity index (χ2v) is 23.4. The van der Waals surface area contributed by atoms with Crippen molar-refractivity contribution in [1.82, 2.24) is 14.5 Å². The Morgan fingerprint density at radius 1 is 0.470 bits per heavy atom. The Hall–Kier alpha value is -8.69. The summed E-state index contributed by atoms with van der Waals surface area (Å²) >= 11 is 0. The van der Waals surface area contributed by atoms with Crippen LogP contribution in [0.25, 0.3) is 95.0 Å². The SMILES string of the molecule is CC(C)(C)c1cc(-c2cc(-c3ccc(C(C)(c4ccccc4)c4ccccc4)cc3)ccn2)[c-]c(-c2cccc3c2nc(-c2cccc(-c4ccccc4-c4ccccc4)c2O)n3-c2ccc(CC3CCCC3)cc2-c2ccccc2)c1.[Pt]. The van der Waals surface area contributed by atoms with Crippen LogP contribution in [-0.4, -0.2) is 19.6 Å². The van der Waals surface area contributed by atoms with Crippen LogP contribution < -0.4 is 0 Å². The number of imidazole rings is 1. The summed E-state index contributed by atoms with van der Waals surface area (Å²) in [5, 5.41) is 12.9. The summed E-state index contributed by atoms with van der Waals surface area (Å²) in [7, 11) is 0. The van der Waals surface area contributed by atoms with Crippen molar-refractivity contribution < 1.29 is 26.2 Å². The van der Waals surface area contributed by atoms with Gasteiger partial charge in [0.25, 0.3) is 0 Å². The summed E-state index contributed by atoms with van der Waals surface area (Å²) in [6, 6.07) is 92.5. The first-order valence-corrected chi connectivity index (χ1v) is 29.0. The molecule has 1 N–H and O–H groups in total. The fraction of sp³-hybridized carbons (Fsp3) is 0.154. The zero-order valence-electron chi connectivity index (χ0n) is 47.5. The molecule has 13 rings (SSSR count). The largest absolute Gasteiger partial charge is 0.507 e. The first kappa shape index (κ1) is 54.9. The van der Waals surface area contributed by atoms with Gasteiger partial charge in [-0.1, -0.05) is 264 Å². The number of para-hydroxylation sites is 2. The Morgan fingerprint density at radius 3 is 1.69 bits per heavy atom. The average molecular weight is 1260 g/mol. The van der Waals surface area contributed by atoms with Crippen LogP contribution in [0.2, 0.25) is 0 Å². The third-order valence-electron chi connectivity index (χ3n) is 17.2. The summed E-state index contributed by atoms with van der Waals surface area (Å²) in [4.78, 5) is 10.8. The molecule has 0 unspecified atom stereocenters. The summed E-state index contributed by atoms with van der Waals surface area (Å²) < 4.78 is 2.29. The molecule has 0 atom stereocenters. The second kappa shape index (κ2) is 23.3. The van der Waals surface area contributed by atoms with Crippen LogP contribution in [0.4, 0.5) is 0 Å². The van der Waals surface area contributed by atoms with Crippen molar-refractivity contribution in [2.24, 2.45) is 5.92 Å². The van der Waals surface area contributed by atoms with Gasteiger partial charge in [0, 0.05) is 49.5 Å². The number of phenols is 1. The average Bonchev–Trinajstić information content (AvgIpc) is 2.55. The molecule has 0 aliphatic heterocycles. The molecule has 5 heteroatoms. The van der Waals surface area contributed by atoms with E-state index in [1.165, 1.54) is 47.9 Å². The van der Waals surface area contributed by atoms with Gasteiger partial charge < -0.3 is 5.11 Å². The number of nitrogens with zero attached hydrogens (tertiary/aromatic N) is 3. The van der Waals surface area contributed by atoms with Crippen LogP contribution >= 0.6 is 0 Å². The number of aromatic nitrogens is 3. The van der Waals surface area contributed by atoms with E-state index in [-0.39, 0.29) is 37.6 Å². The van der Waals surface area contributed by atoms with Crippen molar-refractivity contribution >= 4 is 11.0 Å². The Balaban J connectivity index is 0.00000680. The molecule has 0 amide bonds. The molecule has 410 valence electrons.